The smallest absolute Gasteiger partial charge is 0.231 e. The summed E-state index contributed by atoms with van der Waals surface area (Å²) in [5, 5.41) is 3.33. The Bertz CT molecular complexity index is 459. The second-order valence-corrected chi connectivity index (χ2v) is 5.60. The van der Waals surface area contributed by atoms with Gasteiger partial charge < -0.3 is 15.1 Å². The molecule has 1 amide bonds. The van der Waals surface area contributed by atoms with E-state index in [0.29, 0.717) is 0 Å². The molecule has 4 nitrogen and oxygen atoms in total. The van der Waals surface area contributed by atoms with Gasteiger partial charge in [-0.1, -0.05) is 18.2 Å². The van der Waals surface area contributed by atoms with Crippen LogP contribution in [-0.2, 0) is 4.79 Å². The molecule has 0 fully saturated rings. The molecule has 1 aromatic carbocycles. The van der Waals surface area contributed by atoms with Crippen LogP contribution in [-0.4, -0.2) is 56.0 Å². The summed E-state index contributed by atoms with van der Waals surface area (Å²) >= 11 is 0. The van der Waals surface area contributed by atoms with Crippen molar-refractivity contribution in [3.63, 3.8) is 0 Å². The molecule has 2 rings (SSSR count). The molecule has 110 valence electrons. The first-order valence-corrected chi connectivity index (χ1v) is 7.39. The lowest BCUT2D eigenvalue weighted by atomic mass is 10.00. The number of nitrogens with one attached hydrogen (secondary N) is 1. The van der Waals surface area contributed by atoms with Gasteiger partial charge in [0.2, 0.25) is 5.91 Å². The highest BCUT2D eigenvalue weighted by Crippen LogP contribution is 2.32. The van der Waals surface area contributed by atoms with Crippen LogP contribution in [0, 0.1) is 0 Å². The second kappa shape index (κ2) is 6.75. The van der Waals surface area contributed by atoms with Gasteiger partial charge in [0.1, 0.15) is 0 Å². The number of rotatable bonds is 6. The number of carbonyl (C=O) groups is 1. The number of amides is 1. The largest absolute Gasteiger partial charge is 0.384 e. The van der Waals surface area contributed by atoms with Gasteiger partial charge in [0.15, 0.2) is 0 Å². The molecule has 1 N–H and O–H groups in total. The van der Waals surface area contributed by atoms with Gasteiger partial charge >= 0.3 is 0 Å². The Balaban J connectivity index is 1.99. The van der Waals surface area contributed by atoms with E-state index in [0.717, 1.165) is 43.9 Å². The monoisotopic (exact) mass is 275 g/mol. The van der Waals surface area contributed by atoms with Crippen molar-refractivity contribution in [3.8, 4) is 0 Å². The highest BCUT2D eigenvalue weighted by molar-refractivity contribution is 5.88. The van der Waals surface area contributed by atoms with Gasteiger partial charge in [0.25, 0.3) is 0 Å². The van der Waals surface area contributed by atoms with Crippen LogP contribution < -0.4 is 5.32 Å². The first-order valence-electron chi connectivity index (χ1n) is 7.39. The Morgan fingerprint density at radius 2 is 2.05 bits per heavy atom. The highest BCUT2D eigenvalue weighted by atomic mass is 16.2. The minimum atomic E-state index is -0.0227. The van der Waals surface area contributed by atoms with Crippen molar-refractivity contribution >= 4 is 11.6 Å². The first kappa shape index (κ1) is 14.9. The third-order valence-corrected chi connectivity index (χ3v) is 3.86. The average molecular weight is 275 g/mol. The molecular formula is C16H25N3O. The highest BCUT2D eigenvalue weighted by Gasteiger charge is 2.30. The third-order valence-electron chi connectivity index (χ3n) is 3.86. The van der Waals surface area contributed by atoms with Gasteiger partial charge in [0.05, 0.1) is 5.92 Å². The summed E-state index contributed by atoms with van der Waals surface area (Å²) in [4.78, 5) is 16.8. The van der Waals surface area contributed by atoms with Crippen molar-refractivity contribution in [2.45, 2.75) is 19.3 Å². The quantitative estimate of drug-likeness (QED) is 0.862. The summed E-state index contributed by atoms with van der Waals surface area (Å²) in [6, 6.07) is 8.12. The Kier molecular flexibility index (Phi) is 5.01. The topological polar surface area (TPSA) is 35.6 Å². The van der Waals surface area contributed by atoms with E-state index in [1.54, 1.807) is 0 Å². The molecule has 1 aliphatic rings. The standard InChI is InChI=1S/C16H25N3O/c1-4-19(11-7-10-18(2)3)16(20)14-12-17-15-9-6-5-8-13(14)15/h5-6,8-9,14,17H,4,7,10-12H2,1-3H3. The minimum Gasteiger partial charge on any atom is -0.384 e. The molecule has 1 atom stereocenters. The SMILES string of the molecule is CCN(CCCN(C)C)C(=O)C1CNc2ccccc21. The number of hydrogen-bond acceptors (Lipinski definition) is 3. The fourth-order valence-corrected chi connectivity index (χ4v) is 2.73. The Morgan fingerprint density at radius 1 is 1.30 bits per heavy atom. The number of para-hydroxylation sites is 1. The van der Waals surface area contributed by atoms with Crippen LogP contribution in [0.1, 0.15) is 24.8 Å². The van der Waals surface area contributed by atoms with Crippen LogP contribution >= 0.6 is 0 Å². The van der Waals surface area contributed by atoms with Crippen LogP contribution in [0.4, 0.5) is 5.69 Å². The zero-order valence-electron chi connectivity index (χ0n) is 12.7. The summed E-state index contributed by atoms with van der Waals surface area (Å²) in [6.07, 6.45) is 1.02. The number of hydrogen-bond donors (Lipinski definition) is 1. The molecule has 0 aromatic heterocycles. The lowest BCUT2D eigenvalue weighted by molar-refractivity contribution is -0.132. The zero-order valence-corrected chi connectivity index (χ0v) is 12.7. The van der Waals surface area contributed by atoms with Crippen molar-refractivity contribution in [1.29, 1.82) is 0 Å². The second-order valence-electron chi connectivity index (χ2n) is 5.60. The summed E-state index contributed by atoms with van der Waals surface area (Å²) in [5.41, 5.74) is 2.25. The first-order chi connectivity index (χ1) is 9.63. The maximum absolute atomic E-state index is 12.7. The van der Waals surface area contributed by atoms with Gasteiger partial charge in [-0.15, -0.1) is 0 Å². The molecule has 0 saturated carbocycles. The van der Waals surface area contributed by atoms with Crippen LogP contribution in [0.5, 0.6) is 0 Å². The Morgan fingerprint density at radius 3 is 2.75 bits per heavy atom. The van der Waals surface area contributed by atoms with Gasteiger partial charge in [-0.25, -0.2) is 0 Å². The molecule has 1 heterocycles. The van der Waals surface area contributed by atoms with E-state index in [1.165, 1.54) is 0 Å². The third kappa shape index (κ3) is 3.31. The minimum absolute atomic E-state index is 0.0227. The lowest BCUT2D eigenvalue weighted by Gasteiger charge is -2.25. The number of likely N-dealkylation sites (N-methyl/N-ethyl adjacent to an activating group) is 1. The number of benzene rings is 1. The predicted molar refractivity (Wildman–Crippen MR) is 83.1 cm³/mol. The van der Waals surface area contributed by atoms with Crippen molar-refractivity contribution in [2.75, 3.05) is 45.6 Å². The number of nitrogens with zero attached hydrogens (tertiary/aromatic N) is 2. The Hall–Kier alpha value is -1.55. The van der Waals surface area contributed by atoms with Crippen LogP contribution in [0.15, 0.2) is 24.3 Å². The molecule has 20 heavy (non-hydrogen) atoms. The molecule has 0 saturated heterocycles. The van der Waals surface area contributed by atoms with Gasteiger partial charge in [-0.3, -0.25) is 4.79 Å². The van der Waals surface area contributed by atoms with Crippen LogP contribution in [0.3, 0.4) is 0 Å². The summed E-state index contributed by atoms with van der Waals surface area (Å²) in [6.45, 7) is 5.42. The number of fused-ring (bicyclic) bond motifs is 1. The molecule has 1 aliphatic heterocycles. The van der Waals surface area contributed by atoms with Gasteiger partial charge in [0, 0.05) is 25.3 Å². The van der Waals surface area contributed by atoms with E-state index in [-0.39, 0.29) is 11.8 Å². The number of carbonyl (C=O) groups excluding carboxylic acids is 1. The summed E-state index contributed by atoms with van der Waals surface area (Å²) in [7, 11) is 4.13. The van der Waals surface area contributed by atoms with Gasteiger partial charge in [-0.2, -0.15) is 0 Å². The molecule has 0 radical (unpaired) electrons. The Labute approximate surface area is 121 Å². The summed E-state index contributed by atoms with van der Waals surface area (Å²) in [5.74, 6) is 0.231. The van der Waals surface area contributed by atoms with E-state index in [2.05, 4.69) is 37.3 Å². The molecule has 0 bridgehead atoms. The molecule has 1 aromatic rings. The average Bonchev–Trinajstić information content (AvgIpc) is 2.86. The summed E-state index contributed by atoms with van der Waals surface area (Å²) < 4.78 is 0. The van der Waals surface area contributed by atoms with E-state index in [4.69, 9.17) is 0 Å². The predicted octanol–water partition coefficient (Wildman–Crippen LogP) is 2.00. The lowest BCUT2D eigenvalue weighted by Crippen LogP contribution is -2.37. The maximum atomic E-state index is 12.7. The molecule has 1 unspecified atom stereocenters. The number of anilines is 1. The fraction of sp³-hybridized carbons (Fsp3) is 0.562. The maximum Gasteiger partial charge on any atom is 0.231 e. The van der Waals surface area contributed by atoms with Crippen molar-refractivity contribution in [1.82, 2.24) is 9.80 Å². The van der Waals surface area contributed by atoms with E-state index in [9.17, 15) is 4.79 Å². The molecule has 0 spiro atoms. The van der Waals surface area contributed by atoms with E-state index < -0.39 is 0 Å². The zero-order chi connectivity index (χ0) is 14.5. The molecular weight excluding hydrogens is 250 g/mol. The van der Waals surface area contributed by atoms with Crippen LogP contribution in [0.25, 0.3) is 0 Å². The van der Waals surface area contributed by atoms with E-state index >= 15 is 0 Å². The molecule has 4 heteroatoms. The van der Waals surface area contributed by atoms with E-state index in [1.807, 2.05) is 23.1 Å². The van der Waals surface area contributed by atoms with Gasteiger partial charge in [-0.05, 0) is 45.6 Å². The van der Waals surface area contributed by atoms with Crippen molar-refractivity contribution in [2.24, 2.45) is 0 Å². The molecule has 0 aliphatic carbocycles. The normalized spacial score (nSPS) is 16.9. The van der Waals surface area contributed by atoms with Crippen molar-refractivity contribution < 1.29 is 4.79 Å². The van der Waals surface area contributed by atoms with Crippen LogP contribution in [0.2, 0.25) is 0 Å². The van der Waals surface area contributed by atoms with Crippen molar-refractivity contribution in [3.05, 3.63) is 29.8 Å². The fourth-order valence-electron chi connectivity index (χ4n) is 2.73.